The van der Waals surface area contributed by atoms with E-state index >= 15 is 0 Å². The minimum atomic E-state index is -0.820. The van der Waals surface area contributed by atoms with Crippen LogP contribution in [-0.4, -0.2) is 17.6 Å². The Morgan fingerprint density at radius 1 is 1.47 bits per heavy atom. The van der Waals surface area contributed by atoms with Gasteiger partial charge in [-0.3, -0.25) is 4.79 Å². The number of carbonyl (C=O) groups is 1. The Hall–Kier alpha value is -1.35. The minimum Gasteiger partial charge on any atom is -0.385 e. The molecule has 0 spiro atoms. The standard InChI is InChI=1S/C14H19NO2/c1-3-6-13(16)15-10-9-14(2,17)11-7-4-5-8-12(11)15/h4-5,7-8,17H,3,6,9-10H2,1-2H3. The van der Waals surface area contributed by atoms with Gasteiger partial charge in [0.1, 0.15) is 0 Å². The molecule has 0 aliphatic carbocycles. The third kappa shape index (κ3) is 2.20. The van der Waals surface area contributed by atoms with Gasteiger partial charge in [0.2, 0.25) is 5.91 Å². The van der Waals surface area contributed by atoms with E-state index in [-0.39, 0.29) is 5.91 Å². The lowest BCUT2D eigenvalue weighted by atomic mass is 9.87. The first-order chi connectivity index (χ1) is 8.06. The van der Waals surface area contributed by atoms with Gasteiger partial charge in [-0.25, -0.2) is 0 Å². The second-order valence-electron chi connectivity index (χ2n) is 4.84. The molecule has 0 aromatic heterocycles. The Morgan fingerprint density at radius 3 is 2.88 bits per heavy atom. The van der Waals surface area contributed by atoms with E-state index in [1.54, 1.807) is 4.90 Å². The Labute approximate surface area is 102 Å². The molecule has 2 rings (SSSR count). The van der Waals surface area contributed by atoms with Crippen LogP contribution >= 0.6 is 0 Å². The van der Waals surface area contributed by atoms with Crippen LogP contribution in [0.1, 0.15) is 38.7 Å². The first-order valence-corrected chi connectivity index (χ1v) is 6.18. The largest absolute Gasteiger partial charge is 0.385 e. The van der Waals surface area contributed by atoms with E-state index in [0.29, 0.717) is 19.4 Å². The highest BCUT2D eigenvalue weighted by Gasteiger charge is 2.34. The van der Waals surface area contributed by atoms with E-state index in [2.05, 4.69) is 0 Å². The number of amides is 1. The molecule has 1 aliphatic heterocycles. The van der Waals surface area contributed by atoms with Crippen molar-refractivity contribution in [2.45, 2.75) is 38.7 Å². The van der Waals surface area contributed by atoms with Crippen LogP contribution in [-0.2, 0) is 10.4 Å². The van der Waals surface area contributed by atoms with E-state index in [4.69, 9.17) is 0 Å². The zero-order chi connectivity index (χ0) is 12.5. The first kappa shape index (κ1) is 12.1. The molecule has 1 atom stereocenters. The van der Waals surface area contributed by atoms with E-state index in [1.807, 2.05) is 38.1 Å². The van der Waals surface area contributed by atoms with Crippen molar-refractivity contribution in [2.75, 3.05) is 11.4 Å². The number of aliphatic hydroxyl groups is 1. The molecular weight excluding hydrogens is 214 g/mol. The average molecular weight is 233 g/mol. The summed E-state index contributed by atoms with van der Waals surface area (Å²) in [6.45, 7) is 4.42. The maximum atomic E-state index is 12.0. The fourth-order valence-corrected chi connectivity index (χ4v) is 2.36. The molecule has 0 radical (unpaired) electrons. The number of rotatable bonds is 2. The predicted molar refractivity (Wildman–Crippen MR) is 67.9 cm³/mol. The smallest absolute Gasteiger partial charge is 0.226 e. The zero-order valence-corrected chi connectivity index (χ0v) is 10.4. The van der Waals surface area contributed by atoms with Gasteiger partial charge in [-0.05, 0) is 25.8 Å². The summed E-state index contributed by atoms with van der Waals surface area (Å²) in [6, 6.07) is 7.63. The van der Waals surface area contributed by atoms with Crippen LogP contribution in [0.3, 0.4) is 0 Å². The summed E-state index contributed by atoms with van der Waals surface area (Å²) in [5.41, 5.74) is 0.900. The highest BCUT2D eigenvalue weighted by Crippen LogP contribution is 2.37. The van der Waals surface area contributed by atoms with Crippen molar-refractivity contribution < 1.29 is 9.90 Å². The summed E-state index contributed by atoms with van der Waals surface area (Å²) in [5.74, 6) is 0.149. The van der Waals surface area contributed by atoms with Gasteiger partial charge in [-0.1, -0.05) is 25.1 Å². The fourth-order valence-electron chi connectivity index (χ4n) is 2.36. The minimum absolute atomic E-state index is 0.149. The maximum absolute atomic E-state index is 12.0. The van der Waals surface area contributed by atoms with Crippen molar-refractivity contribution in [3.63, 3.8) is 0 Å². The third-order valence-electron chi connectivity index (χ3n) is 3.36. The van der Waals surface area contributed by atoms with Crippen molar-refractivity contribution in [1.82, 2.24) is 0 Å². The van der Waals surface area contributed by atoms with Gasteiger partial charge in [0, 0.05) is 24.2 Å². The van der Waals surface area contributed by atoms with Crippen molar-refractivity contribution in [3.8, 4) is 0 Å². The van der Waals surface area contributed by atoms with Crippen molar-refractivity contribution in [2.24, 2.45) is 0 Å². The van der Waals surface area contributed by atoms with Crippen LogP contribution in [0, 0.1) is 0 Å². The first-order valence-electron chi connectivity index (χ1n) is 6.18. The maximum Gasteiger partial charge on any atom is 0.226 e. The predicted octanol–water partition coefficient (Wildman–Crippen LogP) is 2.43. The number of hydrogen-bond donors (Lipinski definition) is 1. The molecule has 0 fully saturated rings. The Kier molecular flexibility index (Phi) is 3.20. The molecule has 1 aromatic carbocycles. The third-order valence-corrected chi connectivity index (χ3v) is 3.36. The second-order valence-corrected chi connectivity index (χ2v) is 4.84. The number of carbonyl (C=O) groups excluding carboxylic acids is 1. The monoisotopic (exact) mass is 233 g/mol. The molecule has 17 heavy (non-hydrogen) atoms. The highest BCUT2D eigenvalue weighted by atomic mass is 16.3. The van der Waals surface area contributed by atoms with Gasteiger partial charge in [0.05, 0.1) is 5.60 Å². The van der Waals surface area contributed by atoms with Gasteiger partial charge in [-0.2, -0.15) is 0 Å². The van der Waals surface area contributed by atoms with Crippen molar-refractivity contribution >= 4 is 11.6 Å². The normalized spacial score (nSPS) is 23.4. The van der Waals surface area contributed by atoms with E-state index in [1.165, 1.54) is 0 Å². The molecule has 1 aliphatic rings. The van der Waals surface area contributed by atoms with Gasteiger partial charge in [-0.15, -0.1) is 0 Å². The van der Waals surface area contributed by atoms with Gasteiger partial charge >= 0.3 is 0 Å². The molecule has 1 N–H and O–H groups in total. The number of hydrogen-bond acceptors (Lipinski definition) is 2. The average Bonchev–Trinajstić information content (AvgIpc) is 2.29. The lowest BCUT2D eigenvalue weighted by molar-refractivity contribution is -0.119. The van der Waals surface area contributed by atoms with Gasteiger partial charge in [0.25, 0.3) is 0 Å². The summed E-state index contributed by atoms with van der Waals surface area (Å²) < 4.78 is 0. The summed E-state index contributed by atoms with van der Waals surface area (Å²) in [6.07, 6.45) is 2.02. The van der Waals surface area contributed by atoms with Gasteiger partial charge in [0.15, 0.2) is 0 Å². The molecule has 3 nitrogen and oxygen atoms in total. The van der Waals surface area contributed by atoms with Crippen LogP contribution in [0.2, 0.25) is 0 Å². The summed E-state index contributed by atoms with van der Waals surface area (Å²) in [5, 5.41) is 10.3. The Bertz CT molecular complexity index is 426. The van der Waals surface area contributed by atoms with E-state index in [0.717, 1.165) is 17.7 Å². The van der Waals surface area contributed by atoms with Crippen LogP contribution in [0.15, 0.2) is 24.3 Å². The van der Waals surface area contributed by atoms with Gasteiger partial charge < -0.3 is 10.0 Å². The topological polar surface area (TPSA) is 40.5 Å². The molecule has 1 unspecified atom stereocenters. The van der Waals surface area contributed by atoms with E-state index in [9.17, 15) is 9.90 Å². The van der Waals surface area contributed by atoms with Crippen LogP contribution in [0.4, 0.5) is 5.69 Å². The number of anilines is 1. The lowest BCUT2D eigenvalue weighted by Crippen LogP contribution is -2.42. The summed E-state index contributed by atoms with van der Waals surface area (Å²) in [7, 11) is 0. The molecule has 0 bridgehead atoms. The number of nitrogens with zero attached hydrogens (tertiary/aromatic N) is 1. The molecule has 92 valence electrons. The van der Waals surface area contributed by atoms with E-state index < -0.39 is 5.60 Å². The molecular formula is C14H19NO2. The fraction of sp³-hybridized carbons (Fsp3) is 0.500. The lowest BCUT2D eigenvalue weighted by Gasteiger charge is -2.38. The molecule has 0 saturated carbocycles. The Morgan fingerprint density at radius 2 is 2.18 bits per heavy atom. The number of para-hydroxylation sites is 1. The van der Waals surface area contributed by atoms with Crippen LogP contribution in [0.25, 0.3) is 0 Å². The second kappa shape index (κ2) is 4.49. The molecule has 1 amide bonds. The van der Waals surface area contributed by atoms with Crippen molar-refractivity contribution in [3.05, 3.63) is 29.8 Å². The Balaban J connectivity index is 2.38. The van der Waals surface area contributed by atoms with Crippen molar-refractivity contribution in [1.29, 1.82) is 0 Å². The number of fused-ring (bicyclic) bond motifs is 1. The SMILES string of the molecule is CCCC(=O)N1CCC(C)(O)c2ccccc21. The summed E-state index contributed by atoms with van der Waals surface area (Å²) in [4.78, 5) is 13.8. The molecule has 0 saturated heterocycles. The molecule has 3 heteroatoms. The van der Waals surface area contributed by atoms with Crippen LogP contribution < -0.4 is 4.90 Å². The van der Waals surface area contributed by atoms with Crippen LogP contribution in [0.5, 0.6) is 0 Å². The molecule has 1 aromatic rings. The highest BCUT2D eigenvalue weighted by molar-refractivity contribution is 5.94. The summed E-state index contributed by atoms with van der Waals surface area (Å²) >= 11 is 0. The quantitative estimate of drug-likeness (QED) is 0.852. The number of benzene rings is 1. The molecule has 1 heterocycles. The zero-order valence-electron chi connectivity index (χ0n) is 10.4.